The van der Waals surface area contributed by atoms with Crippen molar-refractivity contribution in [2.45, 2.75) is 12.5 Å². The molecule has 0 spiro atoms. The van der Waals surface area contributed by atoms with Crippen LogP contribution in [0.15, 0.2) is 0 Å². The largest absolute Gasteiger partial charge is 0.481 e. The van der Waals surface area contributed by atoms with Gasteiger partial charge in [-0.2, -0.15) is 0 Å². The molecule has 0 aliphatic carbocycles. The van der Waals surface area contributed by atoms with Crippen LogP contribution in [0.5, 0.6) is 0 Å². The van der Waals surface area contributed by atoms with E-state index in [4.69, 9.17) is 21.1 Å². The molecule has 10 nitrogen and oxygen atoms in total. The van der Waals surface area contributed by atoms with E-state index >= 15 is 0 Å². The highest BCUT2D eigenvalue weighted by Crippen LogP contribution is 2.04. The van der Waals surface area contributed by atoms with Gasteiger partial charge in [0.2, 0.25) is 0 Å². The third kappa shape index (κ3) is 10.0. The Morgan fingerprint density at radius 3 is 2.09 bits per heavy atom. The van der Waals surface area contributed by atoms with E-state index in [1.54, 1.807) is 0 Å². The summed E-state index contributed by atoms with van der Waals surface area (Å²) in [5.74, 6) is -3.31. The second-order valence-electron chi connectivity index (χ2n) is 4.60. The van der Waals surface area contributed by atoms with Gasteiger partial charge < -0.3 is 31.7 Å². The lowest BCUT2D eigenvalue weighted by atomic mass is 10.1. The average molecular weight is 320 g/mol. The second kappa shape index (κ2) is 11.9. The van der Waals surface area contributed by atoms with E-state index in [2.05, 4.69) is 10.6 Å². The van der Waals surface area contributed by atoms with Crippen molar-refractivity contribution in [1.29, 1.82) is 0 Å². The molecule has 0 aromatic heterocycles. The van der Waals surface area contributed by atoms with E-state index in [0.29, 0.717) is 26.2 Å². The number of nitrogens with one attached hydrogen (secondary N) is 2. The summed E-state index contributed by atoms with van der Waals surface area (Å²) in [6.45, 7) is 2.13. The average Bonchev–Trinajstić information content (AvgIpc) is 2.42. The summed E-state index contributed by atoms with van der Waals surface area (Å²) >= 11 is 0. The predicted molar refractivity (Wildman–Crippen MR) is 77.7 cm³/mol. The van der Waals surface area contributed by atoms with E-state index in [1.807, 2.05) is 0 Å². The Kier molecular flexibility index (Phi) is 10.9. The number of hydrogen-bond acceptors (Lipinski definition) is 7. The van der Waals surface area contributed by atoms with Crippen LogP contribution in [0.2, 0.25) is 0 Å². The van der Waals surface area contributed by atoms with Crippen LogP contribution in [-0.2, 0) is 14.4 Å². The van der Waals surface area contributed by atoms with Crippen molar-refractivity contribution in [2.75, 3.05) is 45.8 Å². The molecule has 0 aliphatic heterocycles. The summed E-state index contributed by atoms with van der Waals surface area (Å²) in [6.07, 6.45) is -0.491. The smallest absolute Gasteiger partial charge is 0.321 e. The first kappa shape index (κ1) is 20.2. The molecule has 0 radical (unpaired) electrons. The molecule has 7 N–H and O–H groups in total. The van der Waals surface area contributed by atoms with Gasteiger partial charge in [0.05, 0.1) is 13.0 Å². The van der Waals surface area contributed by atoms with Crippen LogP contribution >= 0.6 is 0 Å². The van der Waals surface area contributed by atoms with Crippen molar-refractivity contribution in [1.82, 2.24) is 15.5 Å². The van der Waals surface area contributed by atoms with Crippen molar-refractivity contribution in [3.8, 4) is 0 Å². The van der Waals surface area contributed by atoms with Crippen molar-refractivity contribution in [3.05, 3.63) is 0 Å². The van der Waals surface area contributed by atoms with Gasteiger partial charge in [0.25, 0.3) is 0 Å². The topological polar surface area (TPSA) is 165 Å². The van der Waals surface area contributed by atoms with Crippen LogP contribution in [0.1, 0.15) is 6.42 Å². The number of rotatable bonds is 14. The minimum atomic E-state index is -1.20. The van der Waals surface area contributed by atoms with Gasteiger partial charge in [-0.05, 0) is 0 Å². The third-order valence-corrected chi connectivity index (χ3v) is 2.84. The van der Waals surface area contributed by atoms with Crippen LogP contribution in [0.3, 0.4) is 0 Å². The molecule has 0 aromatic rings. The van der Waals surface area contributed by atoms with Crippen molar-refractivity contribution in [3.63, 3.8) is 0 Å². The normalized spacial score (nSPS) is 12.3. The fraction of sp³-hybridized carbons (Fsp3) is 0.750. The van der Waals surface area contributed by atoms with Gasteiger partial charge in [-0.15, -0.1) is 0 Å². The first-order valence-electron chi connectivity index (χ1n) is 6.90. The Hall–Kier alpha value is -1.75. The monoisotopic (exact) mass is 320 g/mol. The Balaban J connectivity index is 4.13. The number of carboxylic acids is 3. The Bertz CT molecular complexity index is 366. The molecule has 10 heteroatoms. The molecule has 0 aliphatic rings. The fourth-order valence-electron chi connectivity index (χ4n) is 1.85. The zero-order chi connectivity index (χ0) is 17.0. The van der Waals surface area contributed by atoms with Gasteiger partial charge in [-0.3, -0.25) is 19.3 Å². The van der Waals surface area contributed by atoms with Gasteiger partial charge in [0.1, 0.15) is 6.04 Å². The first-order valence-corrected chi connectivity index (χ1v) is 6.90. The minimum Gasteiger partial charge on any atom is -0.481 e. The van der Waals surface area contributed by atoms with Gasteiger partial charge in [0, 0.05) is 39.3 Å². The maximum Gasteiger partial charge on any atom is 0.321 e. The zero-order valence-corrected chi connectivity index (χ0v) is 12.3. The number of carboxylic acid groups (broad SMARTS) is 3. The maximum atomic E-state index is 11.2. The quantitative estimate of drug-likeness (QED) is 0.187. The lowest BCUT2D eigenvalue weighted by molar-refractivity contribution is -0.149. The Morgan fingerprint density at radius 1 is 0.955 bits per heavy atom. The van der Waals surface area contributed by atoms with E-state index in [9.17, 15) is 14.4 Å². The summed E-state index contributed by atoms with van der Waals surface area (Å²) < 4.78 is 0. The van der Waals surface area contributed by atoms with Gasteiger partial charge in [0.15, 0.2) is 0 Å². The number of hydrogen-bond donors (Lipinski definition) is 6. The van der Waals surface area contributed by atoms with Crippen LogP contribution in [0, 0.1) is 0 Å². The van der Waals surface area contributed by atoms with Crippen molar-refractivity contribution >= 4 is 17.9 Å². The van der Waals surface area contributed by atoms with Gasteiger partial charge in [-0.25, -0.2) is 0 Å². The maximum absolute atomic E-state index is 11.2. The molecule has 0 rings (SSSR count). The molecule has 0 saturated heterocycles. The van der Waals surface area contributed by atoms with E-state index in [0.717, 1.165) is 0 Å². The summed E-state index contributed by atoms with van der Waals surface area (Å²) in [5, 5.41) is 32.0. The number of carbonyl (C=O) groups is 3. The first-order chi connectivity index (χ1) is 10.4. The third-order valence-electron chi connectivity index (χ3n) is 2.84. The molecule has 0 fully saturated rings. The molecule has 0 heterocycles. The highest BCUT2D eigenvalue weighted by Gasteiger charge is 2.27. The fourth-order valence-corrected chi connectivity index (χ4v) is 1.85. The Labute approximate surface area is 128 Å². The predicted octanol–water partition coefficient (Wildman–Crippen LogP) is -2.56. The summed E-state index contributed by atoms with van der Waals surface area (Å²) in [6, 6.07) is -1.12. The van der Waals surface area contributed by atoms with Crippen molar-refractivity contribution in [2.24, 2.45) is 5.73 Å². The zero-order valence-electron chi connectivity index (χ0n) is 12.3. The van der Waals surface area contributed by atoms with Gasteiger partial charge in [-0.1, -0.05) is 0 Å². The highest BCUT2D eigenvalue weighted by molar-refractivity contribution is 5.80. The molecular formula is C12H24N4O6. The molecule has 0 amide bonds. The van der Waals surface area contributed by atoms with E-state index < -0.39 is 30.4 Å². The molecule has 0 bridgehead atoms. The number of nitrogens with zero attached hydrogens (tertiary/aromatic N) is 1. The molecule has 22 heavy (non-hydrogen) atoms. The summed E-state index contributed by atoms with van der Waals surface area (Å²) in [4.78, 5) is 33.7. The van der Waals surface area contributed by atoms with Crippen LogP contribution in [0.25, 0.3) is 0 Å². The summed E-state index contributed by atoms with van der Waals surface area (Å²) in [5.41, 5.74) is 5.43. The SMILES string of the molecule is NCCN(CCNCCNCC(=O)O)C(CC(=O)O)C(=O)O. The number of aliphatic carboxylic acids is 3. The van der Waals surface area contributed by atoms with E-state index in [1.165, 1.54) is 4.90 Å². The standard InChI is InChI=1S/C12H24N4O6/c13-1-5-16(9(12(21)22)7-10(17)18)6-4-14-2-3-15-8-11(19)20/h9,14-15H,1-8,13H2,(H,17,18)(H,19,20)(H,21,22). The molecular weight excluding hydrogens is 296 g/mol. The molecule has 1 unspecified atom stereocenters. The molecule has 0 aromatic carbocycles. The minimum absolute atomic E-state index is 0.124. The second-order valence-corrected chi connectivity index (χ2v) is 4.60. The Morgan fingerprint density at radius 2 is 1.59 bits per heavy atom. The van der Waals surface area contributed by atoms with Crippen LogP contribution in [-0.4, -0.2) is 90.0 Å². The highest BCUT2D eigenvalue weighted by atomic mass is 16.4. The van der Waals surface area contributed by atoms with Gasteiger partial charge >= 0.3 is 17.9 Å². The van der Waals surface area contributed by atoms with Crippen molar-refractivity contribution < 1.29 is 29.7 Å². The lowest BCUT2D eigenvalue weighted by Crippen LogP contribution is -2.47. The molecule has 0 saturated carbocycles. The molecule has 1 atom stereocenters. The molecule has 128 valence electrons. The lowest BCUT2D eigenvalue weighted by Gasteiger charge is -2.27. The van der Waals surface area contributed by atoms with E-state index in [-0.39, 0.29) is 19.6 Å². The van der Waals surface area contributed by atoms with Crippen LogP contribution < -0.4 is 16.4 Å². The van der Waals surface area contributed by atoms with Crippen LogP contribution in [0.4, 0.5) is 0 Å². The summed E-state index contributed by atoms with van der Waals surface area (Å²) in [7, 11) is 0. The number of nitrogens with two attached hydrogens (primary N) is 1.